The van der Waals surface area contributed by atoms with Crippen LogP contribution in [-0.4, -0.2) is 32.3 Å². The summed E-state index contributed by atoms with van der Waals surface area (Å²) >= 11 is 0. The molecule has 0 aliphatic heterocycles. The zero-order valence-electron chi connectivity index (χ0n) is 12.4. The number of nitrogens with zero attached hydrogens (tertiary/aromatic N) is 4. The first-order valence-electron chi connectivity index (χ1n) is 7.12. The molecule has 0 unspecified atom stereocenters. The van der Waals surface area contributed by atoms with Crippen LogP contribution in [0, 0.1) is 0 Å². The molecule has 0 saturated carbocycles. The van der Waals surface area contributed by atoms with E-state index in [0.717, 1.165) is 28.0 Å². The second kappa shape index (κ2) is 5.49. The van der Waals surface area contributed by atoms with Crippen LogP contribution in [0.3, 0.4) is 0 Å². The summed E-state index contributed by atoms with van der Waals surface area (Å²) in [5, 5.41) is 7.25. The van der Waals surface area contributed by atoms with E-state index in [1.165, 1.54) is 0 Å². The van der Waals surface area contributed by atoms with E-state index in [-0.39, 0.29) is 0 Å². The van der Waals surface area contributed by atoms with Gasteiger partial charge in [0, 0.05) is 23.4 Å². The number of pyridine rings is 1. The van der Waals surface area contributed by atoms with Crippen LogP contribution in [0.2, 0.25) is 0 Å². The van der Waals surface area contributed by atoms with Crippen LogP contribution in [0.25, 0.3) is 33.7 Å². The highest BCUT2D eigenvalue weighted by atomic mass is 16.5. The van der Waals surface area contributed by atoms with Gasteiger partial charge in [0.2, 0.25) is 5.88 Å². The van der Waals surface area contributed by atoms with Crippen molar-refractivity contribution < 1.29 is 4.74 Å². The van der Waals surface area contributed by atoms with Gasteiger partial charge in [0.15, 0.2) is 5.65 Å². The molecule has 1 N–H and O–H groups in total. The lowest BCUT2D eigenvalue weighted by Gasteiger charge is -2.03. The Morgan fingerprint density at radius 3 is 2.70 bits per heavy atom. The number of rotatable bonds is 3. The molecule has 0 aliphatic carbocycles. The maximum absolute atomic E-state index is 5.16. The quantitative estimate of drug-likeness (QED) is 0.629. The molecule has 0 aliphatic rings. The minimum Gasteiger partial charge on any atom is -0.481 e. The summed E-state index contributed by atoms with van der Waals surface area (Å²) < 4.78 is 5.16. The number of ether oxygens (including phenoxy) is 1. The Kier molecular flexibility index (Phi) is 3.20. The zero-order chi connectivity index (χ0) is 15.6. The van der Waals surface area contributed by atoms with Gasteiger partial charge in [-0.05, 0) is 6.07 Å². The molecular formula is C17H13N5O. The molecule has 0 fully saturated rings. The molecule has 0 bridgehead atoms. The van der Waals surface area contributed by atoms with Crippen LogP contribution in [0.4, 0.5) is 0 Å². The molecule has 4 aromatic rings. The van der Waals surface area contributed by atoms with E-state index in [0.29, 0.717) is 11.5 Å². The number of hydrogen-bond acceptors (Lipinski definition) is 5. The third-order valence-corrected chi connectivity index (χ3v) is 3.57. The van der Waals surface area contributed by atoms with E-state index in [1.54, 1.807) is 19.5 Å². The smallest absolute Gasteiger partial charge is 0.213 e. The lowest BCUT2D eigenvalue weighted by atomic mass is 10.1. The lowest BCUT2D eigenvalue weighted by Crippen LogP contribution is -1.91. The summed E-state index contributed by atoms with van der Waals surface area (Å²) in [6.45, 7) is 0. The topological polar surface area (TPSA) is 76.6 Å². The second-order valence-corrected chi connectivity index (χ2v) is 4.98. The van der Waals surface area contributed by atoms with Gasteiger partial charge in [-0.3, -0.25) is 5.10 Å². The normalized spacial score (nSPS) is 10.8. The molecule has 3 aromatic heterocycles. The summed E-state index contributed by atoms with van der Waals surface area (Å²) in [6.07, 6.45) is 3.39. The first-order valence-corrected chi connectivity index (χ1v) is 7.12. The molecule has 0 atom stereocenters. The number of fused-ring (bicyclic) bond motifs is 1. The van der Waals surface area contributed by atoms with Crippen LogP contribution in [0.5, 0.6) is 5.88 Å². The fourth-order valence-corrected chi connectivity index (χ4v) is 2.42. The molecular weight excluding hydrogens is 290 g/mol. The number of methoxy groups -OCH3 is 1. The third kappa shape index (κ3) is 2.40. The highest BCUT2D eigenvalue weighted by Crippen LogP contribution is 2.26. The predicted octanol–water partition coefficient (Wildman–Crippen LogP) is 3.09. The van der Waals surface area contributed by atoms with Crippen LogP contribution in [0.15, 0.2) is 54.9 Å². The van der Waals surface area contributed by atoms with Gasteiger partial charge in [0.1, 0.15) is 5.52 Å². The van der Waals surface area contributed by atoms with Crippen molar-refractivity contribution in [2.75, 3.05) is 7.11 Å². The van der Waals surface area contributed by atoms with Crippen molar-refractivity contribution >= 4 is 11.2 Å². The average Bonchev–Trinajstić information content (AvgIpc) is 3.05. The van der Waals surface area contributed by atoms with E-state index < -0.39 is 0 Å². The maximum Gasteiger partial charge on any atom is 0.213 e. The average molecular weight is 303 g/mol. The highest BCUT2D eigenvalue weighted by Gasteiger charge is 2.12. The Morgan fingerprint density at radius 2 is 1.87 bits per heavy atom. The minimum atomic E-state index is 0.542. The van der Waals surface area contributed by atoms with E-state index in [4.69, 9.17) is 9.72 Å². The SMILES string of the molecule is COc1cc(-c2cnc3n[nH]c(-c4ccccc4)c3n2)ccn1. The van der Waals surface area contributed by atoms with Gasteiger partial charge in [-0.25, -0.2) is 15.0 Å². The van der Waals surface area contributed by atoms with Gasteiger partial charge in [0.05, 0.1) is 24.7 Å². The van der Waals surface area contributed by atoms with Gasteiger partial charge in [-0.2, -0.15) is 5.10 Å². The number of nitrogens with one attached hydrogen (secondary N) is 1. The first kappa shape index (κ1) is 13.4. The van der Waals surface area contributed by atoms with Crippen molar-refractivity contribution in [3.05, 3.63) is 54.9 Å². The molecule has 1 aromatic carbocycles. The summed E-state index contributed by atoms with van der Waals surface area (Å²) in [5.41, 5.74) is 4.85. The number of hydrogen-bond donors (Lipinski definition) is 1. The molecule has 6 nitrogen and oxygen atoms in total. The fourth-order valence-electron chi connectivity index (χ4n) is 2.42. The summed E-state index contributed by atoms with van der Waals surface area (Å²) in [4.78, 5) is 13.2. The Morgan fingerprint density at radius 1 is 1.00 bits per heavy atom. The van der Waals surface area contributed by atoms with Crippen molar-refractivity contribution in [3.63, 3.8) is 0 Å². The van der Waals surface area contributed by atoms with Gasteiger partial charge in [-0.15, -0.1) is 0 Å². The molecule has 23 heavy (non-hydrogen) atoms. The first-order chi connectivity index (χ1) is 11.3. The number of aromatic amines is 1. The van der Waals surface area contributed by atoms with Gasteiger partial charge < -0.3 is 4.74 Å². The van der Waals surface area contributed by atoms with Crippen LogP contribution >= 0.6 is 0 Å². The van der Waals surface area contributed by atoms with Gasteiger partial charge >= 0.3 is 0 Å². The van der Waals surface area contributed by atoms with E-state index in [1.807, 2.05) is 42.5 Å². The van der Waals surface area contributed by atoms with Crippen molar-refractivity contribution in [2.24, 2.45) is 0 Å². The van der Waals surface area contributed by atoms with Gasteiger partial charge in [0.25, 0.3) is 0 Å². The molecule has 0 radical (unpaired) electrons. The molecule has 4 rings (SSSR count). The zero-order valence-corrected chi connectivity index (χ0v) is 12.4. The fraction of sp³-hybridized carbons (Fsp3) is 0.0588. The van der Waals surface area contributed by atoms with Crippen LogP contribution in [0.1, 0.15) is 0 Å². The molecule has 0 saturated heterocycles. The van der Waals surface area contributed by atoms with E-state index in [2.05, 4.69) is 20.2 Å². The minimum absolute atomic E-state index is 0.542. The van der Waals surface area contributed by atoms with Crippen LogP contribution < -0.4 is 4.74 Å². The van der Waals surface area contributed by atoms with Crippen LogP contribution in [-0.2, 0) is 0 Å². The molecule has 0 amide bonds. The lowest BCUT2D eigenvalue weighted by molar-refractivity contribution is 0.398. The van der Waals surface area contributed by atoms with Crippen molar-refractivity contribution in [1.82, 2.24) is 25.1 Å². The van der Waals surface area contributed by atoms with Crippen molar-refractivity contribution in [2.45, 2.75) is 0 Å². The predicted molar refractivity (Wildman–Crippen MR) is 86.9 cm³/mol. The molecule has 6 heteroatoms. The van der Waals surface area contributed by atoms with E-state index >= 15 is 0 Å². The monoisotopic (exact) mass is 303 g/mol. The Hall–Kier alpha value is -3.28. The number of H-pyrrole nitrogens is 1. The Labute approximate surface area is 132 Å². The Balaban J connectivity index is 1.87. The second-order valence-electron chi connectivity index (χ2n) is 4.98. The van der Waals surface area contributed by atoms with Crippen molar-refractivity contribution in [1.29, 1.82) is 0 Å². The summed E-state index contributed by atoms with van der Waals surface area (Å²) in [7, 11) is 1.59. The summed E-state index contributed by atoms with van der Waals surface area (Å²) in [6, 6.07) is 13.7. The maximum atomic E-state index is 5.16. The molecule has 3 heterocycles. The van der Waals surface area contributed by atoms with Gasteiger partial charge in [-0.1, -0.05) is 30.3 Å². The Bertz CT molecular complexity index is 965. The largest absolute Gasteiger partial charge is 0.481 e. The van der Waals surface area contributed by atoms with Crippen molar-refractivity contribution in [3.8, 4) is 28.4 Å². The standard InChI is InChI=1S/C17H13N5O/c1-23-14-9-12(7-8-18-14)13-10-19-17-16(20-13)15(21-22-17)11-5-3-2-4-6-11/h2-10H,1H3,(H,19,21,22). The number of aromatic nitrogens is 5. The molecule has 112 valence electrons. The highest BCUT2D eigenvalue weighted by molar-refractivity contribution is 5.88. The number of benzene rings is 1. The third-order valence-electron chi connectivity index (χ3n) is 3.57. The van der Waals surface area contributed by atoms with E-state index in [9.17, 15) is 0 Å². The summed E-state index contributed by atoms with van der Waals surface area (Å²) in [5.74, 6) is 0.542. The molecule has 0 spiro atoms.